The third kappa shape index (κ3) is 3.50. The lowest BCUT2D eigenvalue weighted by Gasteiger charge is -2.11. The van der Waals surface area contributed by atoms with Gasteiger partial charge in [0.1, 0.15) is 5.82 Å². The maximum absolute atomic E-state index is 13.0. The van der Waals surface area contributed by atoms with E-state index in [1.807, 2.05) is 37.3 Å². The van der Waals surface area contributed by atoms with Gasteiger partial charge in [-0.1, -0.05) is 30.3 Å². The van der Waals surface area contributed by atoms with E-state index in [1.54, 1.807) is 16.8 Å². The number of halogens is 1. The maximum atomic E-state index is 13.0. The van der Waals surface area contributed by atoms with E-state index in [0.717, 1.165) is 11.3 Å². The normalized spacial score (nSPS) is 13.7. The van der Waals surface area contributed by atoms with Crippen LogP contribution in [-0.4, -0.2) is 24.4 Å². The minimum atomic E-state index is -1.22. The fraction of sp³-hybridized carbons (Fsp3) is 0.188. The first-order chi connectivity index (χ1) is 11.1. The number of rotatable bonds is 5. The minimum Gasteiger partial charge on any atom is -0.258 e. The second kappa shape index (κ2) is 6.78. The van der Waals surface area contributed by atoms with E-state index in [9.17, 15) is 8.60 Å². The van der Waals surface area contributed by atoms with Crippen molar-refractivity contribution in [3.63, 3.8) is 0 Å². The van der Waals surface area contributed by atoms with Gasteiger partial charge in [0, 0.05) is 10.8 Å². The van der Waals surface area contributed by atoms with Crippen LogP contribution in [0.25, 0.3) is 5.69 Å². The smallest absolute Gasteiger partial charge is 0.169 e. The molecule has 0 aliphatic rings. The molecule has 7 heteroatoms. The summed E-state index contributed by atoms with van der Waals surface area (Å²) in [6.07, 6.45) is 0. The second-order valence-electron chi connectivity index (χ2n) is 5.06. The summed E-state index contributed by atoms with van der Waals surface area (Å²) in [5, 5.41) is 11.4. The third-order valence-electron chi connectivity index (χ3n) is 3.54. The zero-order chi connectivity index (χ0) is 16.2. The first kappa shape index (κ1) is 15.5. The van der Waals surface area contributed by atoms with Crippen molar-refractivity contribution in [1.82, 2.24) is 20.2 Å². The zero-order valence-corrected chi connectivity index (χ0v) is 13.3. The van der Waals surface area contributed by atoms with E-state index in [0.29, 0.717) is 5.82 Å². The second-order valence-corrected chi connectivity index (χ2v) is 6.82. The van der Waals surface area contributed by atoms with Crippen LogP contribution in [0.15, 0.2) is 54.6 Å². The maximum Gasteiger partial charge on any atom is 0.169 e. The highest BCUT2D eigenvalue weighted by Crippen LogP contribution is 2.22. The Morgan fingerprint density at radius 2 is 1.83 bits per heavy atom. The molecule has 0 aliphatic carbocycles. The topological polar surface area (TPSA) is 60.7 Å². The van der Waals surface area contributed by atoms with Crippen molar-refractivity contribution in [2.75, 3.05) is 0 Å². The van der Waals surface area contributed by atoms with Crippen LogP contribution in [0.5, 0.6) is 0 Å². The predicted octanol–water partition coefficient (Wildman–Crippen LogP) is 2.81. The summed E-state index contributed by atoms with van der Waals surface area (Å²) < 4.78 is 27.2. The van der Waals surface area contributed by atoms with Gasteiger partial charge < -0.3 is 0 Å². The van der Waals surface area contributed by atoms with Crippen molar-refractivity contribution in [2.24, 2.45) is 0 Å². The van der Waals surface area contributed by atoms with Crippen LogP contribution < -0.4 is 0 Å². The number of hydrogen-bond donors (Lipinski definition) is 0. The van der Waals surface area contributed by atoms with E-state index >= 15 is 0 Å². The van der Waals surface area contributed by atoms with E-state index in [4.69, 9.17) is 0 Å². The van der Waals surface area contributed by atoms with Gasteiger partial charge >= 0.3 is 0 Å². The fourth-order valence-electron chi connectivity index (χ4n) is 2.20. The van der Waals surface area contributed by atoms with Crippen molar-refractivity contribution in [1.29, 1.82) is 0 Å². The van der Waals surface area contributed by atoms with Gasteiger partial charge in [-0.05, 0) is 47.2 Å². The molecule has 0 radical (unpaired) electrons. The Labute approximate surface area is 135 Å². The number of nitrogens with zero attached hydrogens (tertiary/aromatic N) is 4. The molecule has 0 N–H and O–H groups in total. The molecule has 1 aromatic heterocycles. The molecule has 1 heterocycles. The fourth-order valence-corrected chi connectivity index (χ4v) is 3.35. The summed E-state index contributed by atoms with van der Waals surface area (Å²) in [6, 6.07) is 15.5. The van der Waals surface area contributed by atoms with Gasteiger partial charge in [-0.2, -0.15) is 4.68 Å². The molecule has 0 saturated heterocycles. The van der Waals surface area contributed by atoms with Crippen LogP contribution in [0.1, 0.15) is 23.6 Å². The van der Waals surface area contributed by atoms with Crippen molar-refractivity contribution in [2.45, 2.75) is 17.9 Å². The van der Waals surface area contributed by atoms with E-state index in [2.05, 4.69) is 15.5 Å². The lowest BCUT2D eigenvalue weighted by Crippen LogP contribution is -2.10. The number of aromatic nitrogens is 4. The Kier molecular flexibility index (Phi) is 4.57. The molecule has 0 fully saturated rings. The molecule has 118 valence electrons. The van der Waals surface area contributed by atoms with E-state index in [1.165, 1.54) is 12.1 Å². The Hall–Kier alpha value is -2.41. The molecule has 23 heavy (non-hydrogen) atoms. The third-order valence-corrected chi connectivity index (χ3v) is 5.14. The standard InChI is InChI=1S/C16H15FN4OS/c1-12(13-7-9-14(17)10-8-13)23(22)11-16-18-19-20-21(16)15-5-3-2-4-6-15/h2-10,12H,11H2,1H3/t12-,23+/m1/s1. The predicted molar refractivity (Wildman–Crippen MR) is 85.8 cm³/mol. The summed E-state index contributed by atoms with van der Waals surface area (Å²) >= 11 is 0. The number of tetrazole rings is 1. The SMILES string of the molecule is C[C@H](c1ccc(F)cc1)[S@@](=O)Cc1nnnn1-c1ccccc1. The molecule has 0 bridgehead atoms. The van der Waals surface area contributed by atoms with Crippen LogP contribution in [0, 0.1) is 5.82 Å². The van der Waals surface area contributed by atoms with Crippen LogP contribution in [0.2, 0.25) is 0 Å². The quantitative estimate of drug-likeness (QED) is 0.722. The van der Waals surface area contributed by atoms with E-state index in [-0.39, 0.29) is 16.8 Å². The minimum absolute atomic E-state index is 0.223. The van der Waals surface area contributed by atoms with Gasteiger partial charge in [0.25, 0.3) is 0 Å². The van der Waals surface area contributed by atoms with Crippen LogP contribution in [-0.2, 0) is 16.6 Å². The first-order valence-electron chi connectivity index (χ1n) is 7.10. The zero-order valence-electron chi connectivity index (χ0n) is 12.5. The molecular weight excluding hydrogens is 315 g/mol. The number of para-hydroxylation sites is 1. The summed E-state index contributed by atoms with van der Waals surface area (Å²) in [7, 11) is -1.22. The van der Waals surface area contributed by atoms with Crippen molar-refractivity contribution < 1.29 is 8.60 Å². The highest BCUT2D eigenvalue weighted by molar-refractivity contribution is 7.84. The van der Waals surface area contributed by atoms with Gasteiger partial charge in [-0.15, -0.1) is 5.10 Å². The number of benzene rings is 2. The van der Waals surface area contributed by atoms with Gasteiger partial charge in [-0.25, -0.2) is 4.39 Å². The Balaban J connectivity index is 1.79. The molecule has 2 aromatic carbocycles. The van der Waals surface area contributed by atoms with Crippen LogP contribution in [0.3, 0.4) is 0 Å². The largest absolute Gasteiger partial charge is 0.258 e. The van der Waals surface area contributed by atoms with Crippen molar-refractivity contribution in [3.8, 4) is 5.69 Å². The van der Waals surface area contributed by atoms with Crippen molar-refractivity contribution in [3.05, 3.63) is 71.8 Å². The molecule has 0 saturated carbocycles. The number of hydrogen-bond acceptors (Lipinski definition) is 4. The summed E-state index contributed by atoms with van der Waals surface area (Å²) in [5.41, 5.74) is 1.64. The molecule has 0 amide bonds. The molecule has 3 aromatic rings. The Bertz CT molecular complexity index is 804. The Morgan fingerprint density at radius 3 is 2.52 bits per heavy atom. The molecule has 2 atom stereocenters. The molecular formula is C16H15FN4OS. The lowest BCUT2D eigenvalue weighted by molar-refractivity contribution is 0.626. The average Bonchev–Trinajstić information content (AvgIpc) is 3.04. The van der Waals surface area contributed by atoms with Gasteiger partial charge in [0.2, 0.25) is 0 Å². The highest BCUT2D eigenvalue weighted by Gasteiger charge is 2.18. The van der Waals surface area contributed by atoms with Crippen LogP contribution in [0.4, 0.5) is 4.39 Å². The molecule has 5 nitrogen and oxygen atoms in total. The molecule has 3 rings (SSSR count). The van der Waals surface area contributed by atoms with Crippen molar-refractivity contribution >= 4 is 10.8 Å². The molecule has 0 spiro atoms. The molecule has 0 unspecified atom stereocenters. The lowest BCUT2D eigenvalue weighted by atomic mass is 10.2. The monoisotopic (exact) mass is 330 g/mol. The Morgan fingerprint density at radius 1 is 1.13 bits per heavy atom. The first-order valence-corrected chi connectivity index (χ1v) is 8.48. The summed E-state index contributed by atoms with van der Waals surface area (Å²) in [5.74, 6) is 0.448. The van der Waals surface area contributed by atoms with E-state index < -0.39 is 10.8 Å². The average molecular weight is 330 g/mol. The van der Waals surface area contributed by atoms with Gasteiger partial charge in [0.15, 0.2) is 5.82 Å². The van der Waals surface area contributed by atoms with Gasteiger partial charge in [-0.3, -0.25) is 4.21 Å². The van der Waals surface area contributed by atoms with Crippen LogP contribution >= 0.6 is 0 Å². The van der Waals surface area contributed by atoms with Gasteiger partial charge in [0.05, 0.1) is 16.7 Å². The summed E-state index contributed by atoms with van der Waals surface area (Å²) in [4.78, 5) is 0. The highest BCUT2D eigenvalue weighted by atomic mass is 32.2. The molecule has 0 aliphatic heterocycles. The summed E-state index contributed by atoms with van der Waals surface area (Å²) in [6.45, 7) is 1.85.